The number of nitrogens with zero attached hydrogens (tertiary/aromatic N) is 3. The molecular weight excluding hydrogens is 575 g/mol. The SMILES string of the molecule is C[C@H](CO)N1C[C@H](C)[C@H](CN(C)C(=O)Nc2ccc(F)cc2)Oc2cc(-c3cccc(C(=O)N(C)C)c3)ccc2S1(=O)=O. The fourth-order valence-electron chi connectivity index (χ4n) is 4.82. The minimum absolute atomic E-state index is 0.0536. The highest BCUT2D eigenvalue weighted by Crippen LogP contribution is 2.37. The number of aliphatic hydroxyl groups is 1. The van der Waals surface area contributed by atoms with Gasteiger partial charge in [0.1, 0.15) is 22.6 Å². The van der Waals surface area contributed by atoms with Crippen molar-refractivity contribution in [2.24, 2.45) is 5.92 Å². The third kappa shape index (κ3) is 7.15. The Balaban J connectivity index is 1.71. The largest absolute Gasteiger partial charge is 0.487 e. The first kappa shape index (κ1) is 31.9. The third-order valence-electron chi connectivity index (χ3n) is 7.41. The van der Waals surface area contributed by atoms with Crippen molar-refractivity contribution in [2.45, 2.75) is 30.9 Å². The second-order valence-corrected chi connectivity index (χ2v) is 12.9. The molecule has 0 bridgehead atoms. The Morgan fingerprint density at radius 3 is 2.40 bits per heavy atom. The van der Waals surface area contributed by atoms with Crippen molar-refractivity contribution < 1.29 is 32.2 Å². The maximum atomic E-state index is 13.8. The van der Waals surface area contributed by atoms with Crippen LogP contribution in [0.5, 0.6) is 5.75 Å². The van der Waals surface area contributed by atoms with E-state index in [9.17, 15) is 27.5 Å². The number of carbonyl (C=O) groups excluding carboxylic acids is 2. The minimum atomic E-state index is -4.07. The van der Waals surface area contributed by atoms with Crippen LogP contribution in [0, 0.1) is 11.7 Å². The summed E-state index contributed by atoms with van der Waals surface area (Å²) in [5.74, 6) is -0.881. The number of benzene rings is 3. The topological polar surface area (TPSA) is 119 Å². The fraction of sp³-hybridized carbons (Fsp3) is 0.355. The quantitative estimate of drug-likeness (QED) is 0.414. The molecule has 10 nitrogen and oxygen atoms in total. The van der Waals surface area contributed by atoms with Gasteiger partial charge in [-0.1, -0.05) is 25.1 Å². The minimum Gasteiger partial charge on any atom is -0.487 e. The van der Waals surface area contributed by atoms with Crippen LogP contribution in [0.4, 0.5) is 14.9 Å². The molecule has 2 N–H and O–H groups in total. The van der Waals surface area contributed by atoms with Gasteiger partial charge in [0.05, 0.1) is 13.2 Å². The van der Waals surface area contributed by atoms with Crippen LogP contribution in [-0.4, -0.2) is 92.6 Å². The average molecular weight is 613 g/mol. The van der Waals surface area contributed by atoms with E-state index in [0.29, 0.717) is 22.4 Å². The number of nitrogens with one attached hydrogen (secondary N) is 1. The summed E-state index contributed by atoms with van der Waals surface area (Å²) in [6.07, 6.45) is -0.636. The molecule has 0 fully saturated rings. The van der Waals surface area contributed by atoms with Gasteiger partial charge in [0, 0.05) is 50.9 Å². The lowest BCUT2D eigenvalue weighted by molar-refractivity contribution is 0.0827. The number of anilines is 1. The molecule has 0 saturated heterocycles. The summed E-state index contributed by atoms with van der Waals surface area (Å²) in [5, 5.41) is 12.6. The van der Waals surface area contributed by atoms with Crippen LogP contribution in [-0.2, 0) is 10.0 Å². The number of likely N-dealkylation sites (N-methyl/N-ethyl adjacent to an activating group) is 1. The first-order valence-electron chi connectivity index (χ1n) is 13.8. The number of hydrogen-bond acceptors (Lipinski definition) is 6. The number of rotatable bonds is 7. The van der Waals surface area contributed by atoms with E-state index in [-0.39, 0.29) is 42.2 Å². The van der Waals surface area contributed by atoms with Gasteiger partial charge in [-0.15, -0.1) is 0 Å². The van der Waals surface area contributed by atoms with Gasteiger partial charge in [-0.2, -0.15) is 4.31 Å². The maximum absolute atomic E-state index is 13.8. The van der Waals surface area contributed by atoms with Gasteiger partial charge in [-0.05, 0) is 66.6 Å². The highest BCUT2D eigenvalue weighted by atomic mass is 32.2. The molecule has 0 unspecified atom stereocenters. The van der Waals surface area contributed by atoms with Crippen LogP contribution in [0.3, 0.4) is 0 Å². The molecule has 0 aromatic heterocycles. The zero-order chi connectivity index (χ0) is 31.5. The predicted molar refractivity (Wildman–Crippen MR) is 162 cm³/mol. The van der Waals surface area contributed by atoms with Crippen molar-refractivity contribution >= 4 is 27.6 Å². The molecule has 1 aliphatic heterocycles. The highest BCUT2D eigenvalue weighted by molar-refractivity contribution is 7.89. The van der Waals surface area contributed by atoms with Gasteiger partial charge >= 0.3 is 6.03 Å². The molecule has 230 valence electrons. The Morgan fingerprint density at radius 2 is 1.74 bits per heavy atom. The molecule has 3 amide bonds. The summed E-state index contributed by atoms with van der Waals surface area (Å²) < 4.78 is 48.6. The predicted octanol–water partition coefficient (Wildman–Crippen LogP) is 4.13. The number of fused-ring (bicyclic) bond motifs is 1. The van der Waals surface area contributed by atoms with E-state index < -0.39 is 34.0 Å². The average Bonchev–Trinajstić information content (AvgIpc) is 2.98. The van der Waals surface area contributed by atoms with Gasteiger partial charge in [0.15, 0.2) is 0 Å². The molecule has 0 saturated carbocycles. The molecule has 0 aliphatic carbocycles. The molecule has 0 spiro atoms. The summed E-state index contributed by atoms with van der Waals surface area (Å²) in [6, 6.07) is 16.0. The standard InChI is InChI=1S/C31H37FN4O6S/c1-20-17-36(21(2)19-37)43(40,41)29-14-9-23(22-7-6-8-24(15-22)30(38)34(3)4)16-27(29)42-28(20)18-35(5)31(39)33-26-12-10-25(32)11-13-26/h6-16,20-21,28,37H,17-19H2,1-5H3,(H,33,39)/t20-,21+,28-/m0/s1. The Hall–Kier alpha value is -4.00. The zero-order valence-corrected chi connectivity index (χ0v) is 25.6. The number of amides is 3. The van der Waals surface area contributed by atoms with E-state index >= 15 is 0 Å². The smallest absolute Gasteiger partial charge is 0.321 e. The lowest BCUT2D eigenvalue weighted by Crippen LogP contribution is -2.50. The van der Waals surface area contributed by atoms with Gasteiger partial charge in [-0.3, -0.25) is 4.79 Å². The van der Waals surface area contributed by atoms with Crippen LogP contribution in [0.25, 0.3) is 11.1 Å². The Kier molecular flexibility index (Phi) is 9.73. The van der Waals surface area contributed by atoms with E-state index in [1.54, 1.807) is 58.4 Å². The first-order valence-corrected chi connectivity index (χ1v) is 15.3. The second kappa shape index (κ2) is 13.1. The Morgan fingerprint density at radius 1 is 1.07 bits per heavy atom. The molecule has 43 heavy (non-hydrogen) atoms. The number of sulfonamides is 1. The van der Waals surface area contributed by atoms with Crippen LogP contribution in [0.2, 0.25) is 0 Å². The molecule has 1 aliphatic rings. The maximum Gasteiger partial charge on any atom is 0.321 e. The van der Waals surface area contributed by atoms with Gasteiger partial charge in [-0.25, -0.2) is 17.6 Å². The number of hydrogen-bond donors (Lipinski definition) is 2. The van der Waals surface area contributed by atoms with E-state index in [1.165, 1.54) is 44.4 Å². The summed E-state index contributed by atoms with van der Waals surface area (Å²) in [6.45, 7) is 3.24. The molecule has 12 heteroatoms. The van der Waals surface area contributed by atoms with Crippen molar-refractivity contribution in [1.82, 2.24) is 14.1 Å². The summed E-state index contributed by atoms with van der Waals surface area (Å²) in [4.78, 5) is 28.4. The molecule has 3 atom stereocenters. The van der Waals surface area contributed by atoms with E-state index in [4.69, 9.17) is 4.74 Å². The Labute approximate surface area is 251 Å². The van der Waals surface area contributed by atoms with E-state index in [1.807, 2.05) is 13.0 Å². The van der Waals surface area contributed by atoms with Gasteiger partial charge < -0.3 is 25.0 Å². The normalized spacial score (nSPS) is 18.8. The van der Waals surface area contributed by atoms with E-state index in [2.05, 4.69) is 5.32 Å². The van der Waals surface area contributed by atoms with Crippen molar-refractivity contribution in [3.63, 3.8) is 0 Å². The molecule has 1 heterocycles. The molecular formula is C31H37FN4O6S. The number of urea groups is 1. The van der Waals surface area contributed by atoms with Crippen LogP contribution < -0.4 is 10.1 Å². The van der Waals surface area contributed by atoms with Crippen molar-refractivity contribution in [3.8, 4) is 16.9 Å². The Bertz CT molecular complexity index is 1580. The second-order valence-electron chi connectivity index (χ2n) is 11.0. The van der Waals surface area contributed by atoms with Crippen LogP contribution >= 0.6 is 0 Å². The van der Waals surface area contributed by atoms with Crippen LogP contribution in [0.1, 0.15) is 24.2 Å². The molecule has 4 rings (SSSR count). The number of halogens is 1. The highest BCUT2D eigenvalue weighted by Gasteiger charge is 2.38. The summed E-state index contributed by atoms with van der Waals surface area (Å²) in [5.41, 5.74) is 2.23. The molecule has 3 aromatic carbocycles. The fourth-order valence-corrected chi connectivity index (χ4v) is 6.64. The van der Waals surface area contributed by atoms with Crippen molar-refractivity contribution in [1.29, 1.82) is 0 Å². The lowest BCUT2D eigenvalue weighted by Gasteiger charge is -2.37. The zero-order valence-electron chi connectivity index (χ0n) is 24.8. The van der Waals surface area contributed by atoms with Gasteiger partial charge in [0.2, 0.25) is 10.0 Å². The number of aliphatic hydroxyl groups excluding tert-OH is 1. The van der Waals surface area contributed by atoms with Crippen molar-refractivity contribution in [3.05, 3.63) is 78.1 Å². The summed E-state index contributed by atoms with van der Waals surface area (Å²) >= 11 is 0. The molecule has 3 aromatic rings. The third-order valence-corrected chi connectivity index (χ3v) is 9.43. The van der Waals surface area contributed by atoms with Gasteiger partial charge in [0.25, 0.3) is 5.91 Å². The molecule has 0 radical (unpaired) electrons. The first-order chi connectivity index (χ1) is 20.3. The lowest BCUT2D eigenvalue weighted by atomic mass is 10.0. The van der Waals surface area contributed by atoms with Crippen molar-refractivity contribution in [2.75, 3.05) is 46.2 Å². The number of ether oxygens (including phenoxy) is 1. The van der Waals surface area contributed by atoms with E-state index in [0.717, 1.165) is 0 Å². The van der Waals surface area contributed by atoms with Crippen LogP contribution in [0.15, 0.2) is 71.6 Å². The monoisotopic (exact) mass is 612 g/mol. The number of carbonyl (C=O) groups is 2. The summed E-state index contributed by atoms with van der Waals surface area (Å²) in [7, 11) is 0.846.